The zero-order valence-corrected chi connectivity index (χ0v) is 17.5. The first-order valence-corrected chi connectivity index (χ1v) is 10.2. The van der Waals surface area contributed by atoms with Gasteiger partial charge in [-0.15, -0.1) is 0 Å². The minimum atomic E-state index is -0.727. The molecule has 1 aliphatic heterocycles. The molecule has 6 nitrogen and oxygen atoms in total. The maximum absolute atomic E-state index is 12.9. The van der Waals surface area contributed by atoms with Crippen LogP contribution in [0, 0.1) is 0 Å². The number of carbonyl (C=O) groups excluding carboxylic acids is 3. The number of para-hydroxylation sites is 1. The molecule has 0 bridgehead atoms. The average Bonchev–Trinajstić information content (AvgIpc) is 3.00. The molecule has 1 aromatic heterocycles. The van der Waals surface area contributed by atoms with Crippen molar-refractivity contribution in [3.63, 3.8) is 0 Å². The van der Waals surface area contributed by atoms with Crippen LogP contribution < -0.4 is 10.6 Å². The zero-order valence-electron chi connectivity index (χ0n) is 16.8. The average molecular weight is 424 g/mol. The summed E-state index contributed by atoms with van der Waals surface area (Å²) in [5.41, 5.74) is 1.97. The Morgan fingerprint density at radius 2 is 1.87 bits per heavy atom. The van der Waals surface area contributed by atoms with Crippen LogP contribution in [-0.2, 0) is 22.1 Å². The second-order valence-corrected chi connectivity index (χ2v) is 7.96. The third-order valence-corrected chi connectivity index (χ3v) is 6.41. The summed E-state index contributed by atoms with van der Waals surface area (Å²) in [6, 6.07) is 14.8. The Morgan fingerprint density at radius 1 is 1.17 bits per heavy atom. The third-order valence-electron chi connectivity index (χ3n) is 6.03. The molecule has 0 spiro atoms. The van der Waals surface area contributed by atoms with E-state index < -0.39 is 5.41 Å². The standard InChI is InChI=1S/C23H22ClN3O3/c1-3-23(13-12-18(28)26-22(23)30)14-8-10-15(11-9-14)25-21(29)20-19(24)16-6-4-5-7-17(16)27(20)2/h4-11H,3,12-13H2,1-2H3,(H,25,29)(H,26,28,30). The molecule has 0 aliphatic carbocycles. The molecule has 2 aromatic carbocycles. The lowest BCUT2D eigenvalue weighted by Gasteiger charge is -2.35. The van der Waals surface area contributed by atoms with Crippen molar-refractivity contribution in [2.24, 2.45) is 7.05 Å². The largest absolute Gasteiger partial charge is 0.338 e. The van der Waals surface area contributed by atoms with Gasteiger partial charge in [0.15, 0.2) is 0 Å². The van der Waals surface area contributed by atoms with Crippen LogP contribution in [-0.4, -0.2) is 22.3 Å². The van der Waals surface area contributed by atoms with Crippen molar-refractivity contribution in [2.45, 2.75) is 31.6 Å². The lowest BCUT2D eigenvalue weighted by Crippen LogP contribution is -2.51. The van der Waals surface area contributed by atoms with Crippen LogP contribution in [0.2, 0.25) is 5.02 Å². The molecule has 0 radical (unpaired) electrons. The number of imide groups is 1. The van der Waals surface area contributed by atoms with Crippen molar-refractivity contribution in [1.82, 2.24) is 9.88 Å². The summed E-state index contributed by atoms with van der Waals surface area (Å²) >= 11 is 6.46. The van der Waals surface area contributed by atoms with Gasteiger partial charge >= 0.3 is 0 Å². The number of halogens is 1. The quantitative estimate of drug-likeness (QED) is 0.618. The molecule has 1 unspecified atom stereocenters. The fourth-order valence-corrected chi connectivity index (χ4v) is 4.60. The normalized spacial score (nSPS) is 19.0. The third kappa shape index (κ3) is 3.17. The Hall–Kier alpha value is -3.12. The molecule has 2 heterocycles. The molecule has 1 atom stereocenters. The first-order valence-electron chi connectivity index (χ1n) is 9.86. The maximum Gasteiger partial charge on any atom is 0.273 e. The summed E-state index contributed by atoms with van der Waals surface area (Å²) in [5.74, 6) is -0.808. The van der Waals surface area contributed by atoms with Gasteiger partial charge in [0, 0.05) is 30.1 Å². The highest BCUT2D eigenvalue weighted by Crippen LogP contribution is 2.36. The van der Waals surface area contributed by atoms with Crippen molar-refractivity contribution in [1.29, 1.82) is 0 Å². The minimum Gasteiger partial charge on any atom is -0.338 e. The number of aryl methyl sites for hydroxylation is 1. The number of benzene rings is 2. The van der Waals surface area contributed by atoms with Gasteiger partial charge in [-0.3, -0.25) is 19.7 Å². The summed E-state index contributed by atoms with van der Waals surface area (Å²) in [6.45, 7) is 1.94. The van der Waals surface area contributed by atoms with E-state index in [9.17, 15) is 14.4 Å². The van der Waals surface area contributed by atoms with Gasteiger partial charge in [-0.05, 0) is 36.6 Å². The number of hydrogen-bond acceptors (Lipinski definition) is 3. The molecule has 0 saturated carbocycles. The molecule has 3 aromatic rings. The Balaban J connectivity index is 1.59. The van der Waals surface area contributed by atoms with Crippen LogP contribution in [0.3, 0.4) is 0 Å². The first kappa shape index (κ1) is 20.2. The molecule has 4 rings (SSSR count). The summed E-state index contributed by atoms with van der Waals surface area (Å²) < 4.78 is 1.77. The van der Waals surface area contributed by atoms with Crippen molar-refractivity contribution in [3.05, 3.63) is 64.8 Å². The summed E-state index contributed by atoms with van der Waals surface area (Å²) in [4.78, 5) is 37.0. The van der Waals surface area contributed by atoms with Crippen molar-refractivity contribution in [2.75, 3.05) is 5.32 Å². The number of aromatic nitrogens is 1. The highest BCUT2D eigenvalue weighted by Gasteiger charge is 2.42. The van der Waals surface area contributed by atoms with Gasteiger partial charge in [-0.2, -0.15) is 0 Å². The van der Waals surface area contributed by atoms with E-state index in [4.69, 9.17) is 11.6 Å². The Morgan fingerprint density at radius 3 is 2.50 bits per heavy atom. The van der Waals surface area contributed by atoms with E-state index >= 15 is 0 Å². The van der Waals surface area contributed by atoms with E-state index in [1.165, 1.54) is 0 Å². The number of nitrogens with one attached hydrogen (secondary N) is 2. The number of nitrogens with zero attached hydrogens (tertiary/aromatic N) is 1. The summed E-state index contributed by atoms with van der Waals surface area (Å²) in [7, 11) is 1.81. The Kier molecular flexibility index (Phi) is 5.12. The summed E-state index contributed by atoms with van der Waals surface area (Å²) in [5, 5.41) is 6.57. The van der Waals surface area contributed by atoms with E-state index in [1.807, 2.05) is 43.3 Å². The van der Waals surface area contributed by atoms with E-state index in [1.54, 1.807) is 23.7 Å². The molecule has 1 aliphatic rings. The lowest BCUT2D eigenvalue weighted by molar-refractivity contribution is -0.138. The van der Waals surface area contributed by atoms with Crippen LogP contribution in [0.5, 0.6) is 0 Å². The summed E-state index contributed by atoms with van der Waals surface area (Å²) in [6.07, 6.45) is 1.38. The predicted octanol–water partition coefficient (Wildman–Crippen LogP) is 4.17. The van der Waals surface area contributed by atoms with Gasteiger partial charge in [0.1, 0.15) is 5.69 Å². The molecule has 30 heavy (non-hydrogen) atoms. The topological polar surface area (TPSA) is 80.2 Å². The molecule has 7 heteroatoms. The molecule has 154 valence electrons. The SMILES string of the molecule is CCC1(c2ccc(NC(=O)c3c(Cl)c4ccccc4n3C)cc2)CCC(=O)NC1=O. The fraction of sp³-hybridized carbons (Fsp3) is 0.261. The number of piperidine rings is 1. The van der Waals surface area contributed by atoms with Gasteiger partial charge < -0.3 is 9.88 Å². The van der Waals surface area contributed by atoms with Gasteiger partial charge in [0.05, 0.1) is 10.4 Å². The Labute approximate surface area is 179 Å². The number of anilines is 1. The van der Waals surface area contributed by atoms with Gasteiger partial charge in [0.2, 0.25) is 11.8 Å². The highest BCUT2D eigenvalue weighted by atomic mass is 35.5. The lowest BCUT2D eigenvalue weighted by atomic mass is 9.72. The van der Waals surface area contributed by atoms with Gasteiger partial charge in [-0.25, -0.2) is 0 Å². The van der Waals surface area contributed by atoms with Crippen molar-refractivity contribution >= 4 is 45.9 Å². The number of carbonyl (C=O) groups is 3. The zero-order chi connectivity index (χ0) is 21.5. The highest BCUT2D eigenvalue weighted by molar-refractivity contribution is 6.39. The second kappa shape index (κ2) is 7.61. The Bertz CT molecular complexity index is 1130. The smallest absolute Gasteiger partial charge is 0.273 e. The van der Waals surface area contributed by atoms with E-state index in [-0.39, 0.29) is 17.7 Å². The number of rotatable bonds is 4. The van der Waals surface area contributed by atoms with Crippen LogP contribution in [0.4, 0.5) is 5.69 Å². The molecular formula is C23H22ClN3O3. The molecule has 3 amide bonds. The first-order chi connectivity index (χ1) is 14.4. The molecule has 1 saturated heterocycles. The van der Waals surface area contributed by atoms with Gasteiger partial charge in [-0.1, -0.05) is 48.9 Å². The van der Waals surface area contributed by atoms with Crippen LogP contribution >= 0.6 is 11.6 Å². The van der Waals surface area contributed by atoms with E-state index in [2.05, 4.69) is 10.6 Å². The monoisotopic (exact) mass is 423 g/mol. The number of fused-ring (bicyclic) bond motifs is 1. The van der Waals surface area contributed by atoms with Crippen molar-refractivity contribution < 1.29 is 14.4 Å². The van der Waals surface area contributed by atoms with Gasteiger partial charge in [0.25, 0.3) is 5.91 Å². The predicted molar refractivity (Wildman–Crippen MR) is 117 cm³/mol. The maximum atomic E-state index is 12.9. The second-order valence-electron chi connectivity index (χ2n) is 7.58. The van der Waals surface area contributed by atoms with E-state index in [0.717, 1.165) is 16.5 Å². The molecule has 2 N–H and O–H groups in total. The fourth-order valence-electron chi connectivity index (χ4n) is 4.23. The number of amides is 3. The number of hydrogen-bond donors (Lipinski definition) is 2. The minimum absolute atomic E-state index is 0.236. The van der Waals surface area contributed by atoms with Crippen molar-refractivity contribution in [3.8, 4) is 0 Å². The molecule has 1 fully saturated rings. The van der Waals surface area contributed by atoms with Crippen LogP contribution in [0.15, 0.2) is 48.5 Å². The van der Waals surface area contributed by atoms with E-state index in [0.29, 0.717) is 35.7 Å². The van der Waals surface area contributed by atoms with Crippen LogP contribution in [0.25, 0.3) is 10.9 Å². The molecular weight excluding hydrogens is 402 g/mol. The van der Waals surface area contributed by atoms with Crippen LogP contribution in [0.1, 0.15) is 42.2 Å².